The predicted molar refractivity (Wildman–Crippen MR) is 144 cm³/mol. The highest BCUT2D eigenvalue weighted by Crippen LogP contribution is 2.29. The number of aliphatic hydroxyl groups is 3. The predicted octanol–water partition coefficient (Wildman–Crippen LogP) is 5.18. The van der Waals surface area contributed by atoms with Crippen molar-refractivity contribution in [3.8, 4) is 11.5 Å². The van der Waals surface area contributed by atoms with Crippen LogP contribution in [0.15, 0.2) is 40.9 Å². The average molecular weight is 514 g/mol. The SMILES string of the molecule is CCCCc1oc(CCc2ccc(O)c(OCCc3cc(C(C)CCC(O)C(C)O)c[nH]3)c2)cc1CO. The van der Waals surface area contributed by atoms with Gasteiger partial charge in [0, 0.05) is 36.7 Å². The third-order valence-corrected chi connectivity index (χ3v) is 6.98. The molecule has 3 unspecified atom stereocenters. The van der Waals surface area contributed by atoms with E-state index in [9.17, 15) is 20.4 Å². The normalized spacial score (nSPS) is 14.0. The molecule has 3 aromatic rings. The summed E-state index contributed by atoms with van der Waals surface area (Å²) in [6.45, 7) is 6.27. The van der Waals surface area contributed by atoms with Crippen molar-refractivity contribution in [3.05, 3.63) is 70.4 Å². The van der Waals surface area contributed by atoms with E-state index in [1.54, 1.807) is 13.0 Å². The summed E-state index contributed by atoms with van der Waals surface area (Å²) in [6, 6.07) is 9.48. The molecule has 37 heavy (non-hydrogen) atoms. The molecule has 3 rings (SSSR count). The number of hydrogen-bond acceptors (Lipinski definition) is 6. The van der Waals surface area contributed by atoms with Gasteiger partial charge in [-0.05, 0) is 73.9 Å². The van der Waals surface area contributed by atoms with Gasteiger partial charge in [-0.1, -0.05) is 26.3 Å². The van der Waals surface area contributed by atoms with Gasteiger partial charge in [0.25, 0.3) is 0 Å². The lowest BCUT2D eigenvalue weighted by molar-refractivity contribution is 0.0242. The number of aromatic nitrogens is 1. The number of rotatable bonds is 16. The topological polar surface area (TPSA) is 119 Å². The monoisotopic (exact) mass is 513 g/mol. The molecule has 1 aromatic carbocycles. The van der Waals surface area contributed by atoms with E-state index in [0.717, 1.165) is 66.0 Å². The first kappa shape index (κ1) is 28.8. The number of aryl methyl sites for hydroxylation is 3. The summed E-state index contributed by atoms with van der Waals surface area (Å²) < 4.78 is 11.9. The maximum absolute atomic E-state index is 10.3. The Morgan fingerprint density at radius 1 is 1.00 bits per heavy atom. The summed E-state index contributed by atoms with van der Waals surface area (Å²) >= 11 is 0. The summed E-state index contributed by atoms with van der Waals surface area (Å²) in [7, 11) is 0. The van der Waals surface area contributed by atoms with Crippen LogP contribution in [0.2, 0.25) is 0 Å². The molecule has 0 aliphatic carbocycles. The van der Waals surface area contributed by atoms with Gasteiger partial charge in [-0.3, -0.25) is 0 Å². The number of nitrogens with one attached hydrogen (secondary N) is 1. The fourth-order valence-corrected chi connectivity index (χ4v) is 4.42. The molecule has 0 spiro atoms. The first-order valence-electron chi connectivity index (χ1n) is 13.5. The minimum Gasteiger partial charge on any atom is -0.504 e. The molecule has 0 saturated heterocycles. The van der Waals surface area contributed by atoms with Crippen LogP contribution in [-0.4, -0.2) is 44.2 Å². The molecule has 0 bridgehead atoms. The van der Waals surface area contributed by atoms with Crippen LogP contribution in [0.1, 0.15) is 86.3 Å². The minimum atomic E-state index is -0.714. The second-order valence-corrected chi connectivity index (χ2v) is 10.1. The Labute approximate surface area is 220 Å². The Hall–Kier alpha value is -2.74. The number of phenolic OH excluding ortho intramolecular Hbond substituents is 1. The lowest BCUT2D eigenvalue weighted by Crippen LogP contribution is -2.22. The zero-order valence-corrected chi connectivity index (χ0v) is 22.4. The summed E-state index contributed by atoms with van der Waals surface area (Å²) in [5, 5.41) is 39.2. The maximum atomic E-state index is 10.3. The van der Waals surface area contributed by atoms with Gasteiger partial charge in [-0.25, -0.2) is 0 Å². The van der Waals surface area contributed by atoms with Crippen molar-refractivity contribution in [2.45, 2.75) is 96.9 Å². The van der Waals surface area contributed by atoms with Gasteiger partial charge in [-0.2, -0.15) is 0 Å². The van der Waals surface area contributed by atoms with Gasteiger partial charge >= 0.3 is 0 Å². The Balaban J connectivity index is 1.50. The van der Waals surface area contributed by atoms with Crippen LogP contribution in [0.4, 0.5) is 0 Å². The third-order valence-electron chi connectivity index (χ3n) is 6.98. The molecule has 0 aliphatic heterocycles. The number of phenols is 1. The molecule has 7 heteroatoms. The molecule has 0 fully saturated rings. The number of unbranched alkanes of at least 4 members (excludes halogenated alkanes) is 1. The van der Waals surface area contributed by atoms with E-state index in [1.165, 1.54) is 0 Å². The zero-order valence-electron chi connectivity index (χ0n) is 22.4. The Morgan fingerprint density at radius 2 is 1.81 bits per heavy atom. The van der Waals surface area contributed by atoms with E-state index in [-0.39, 0.29) is 18.3 Å². The molecule has 0 aliphatic rings. The summed E-state index contributed by atoms with van der Waals surface area (Å²) in [5.74, 6) is 2.59. The highest BCUT2D eigenvalue weighted by Gasteiger charge is 2.15. The first-order valence-corrected chi connectivity index (χ1v) is 13.5. The van der Waals surface area contributed by atoms with E-state index in [2.05, 4.69) is 24.9 Å². The van der Waals surface area contributed by atoms with E-state index in [1.807, 2.05) is 24.4 Å². The molecule has 7 nitrogen and oxygen atoms in total. The fourth-order valence-electron chi connectivity index (χ4n) is 4.42. The highest BCUT2D eigenvalue weighted by molar-refractivity contribution is 5.42. The average Bonchev–Trinajstić information content (AvgIpc) is 3.52. The molecule has 0 radical (unpaired) electrons. The van der Waals surface area contributed by atoms with Crippen LogP contribution in [-0.2, 0) is 32.3 Å². The van der Waals surface area contributed by atoms with Crippen LogP contribution in [0.5, 0.6) is 11.5 Å². The van der Waals surface area contributed by atoms with E-state index in [4.69, 9.17) is 9.15 Å². The molecule has 204 valence electrons. The lowest BCUT2D eigenvalue weighted by atomic mass is 9.95. The summed E-state index contributed by atoms with van der Waals surface area (Å²) in [5.41, 5.74) is 4.13. The smallest absolute Gasteiger partial charge is 0.161 e. The van der Waals surface area contributed by atoms with Gasteiger partial charge in [0.2, 0.25) is 0 Å². The summed E-state index contributed by atoms with van der Waals surface area (Å²) in [6.07, 6.45) is 7.00. The van der Waals surface area contributed by atoms with Crippen molar-refractivity contribution in [1.82, 2.24) is 4.98 Å². The number of ether oxygens (including phenoxy) is 1. The Morgan fingerprint density at radius 3 is 2.54 bits per heavy atom. The molecule has 0 saturated carbocycles. The molecule has 3 atom stereocenters. The first-order chi connectivity index (χ1) is 17.8. The van der Waals surface area contributed by atoms with Gasteiger partial charge in [0.1, 0.15) is 11.5 Å². The second kappa shape index (κ2) is 14.3. The highest BCUT2D eigenvalue weighted by atomic mass is 16.5. The maximum Gasteiger partial charge on any atom is 0.161 e. The zero-order chi connectivity index (χ0) is 26.8. The number of furan rings is 1. The molecule has 2 aromatic heterocycles. The van der Waals surface area contributed by atoms with Crippen LogP contribution < -0.4 is 4.74 Å². The number of H-pyrrole nitrogens is 1. The fraction of sp³-hybridized carbons (Fsp3) is 0.533. The Kier molecular flexibility index (Phi) is 11.1. The number of aliphatic hydroxyl groups excluding tert-OH is 3. The van der Waals surface area contributed by atoms with Crippen molar-refractivity contribution in [1.29, 1.82) is 0 Å². The van der Waals surface area contributed by atoms with Crippen molar-refractivity contribution < 1.29 is 29.6 Å². The van der Waals surface area contributed by atoms with Crippen molar-refractivity contribution in [2.24, 2.45) is 0 Å². The van der Waals surface area contributed by atoms with Crippen LogP contribution >= 0.6 is 0 Å². The van der Waals surface area contributed by atoms with E-state index < -0.39 is 12.2 Å². The number of aromatic hydroxyl groups is 1. The third kappa shape index (κ3) is 8.66. The van der Waals surface area contributed by atoms with Crippen molar-refractivity contribution in [2.75, 3.05) is 6.61 Å². The molecule has 0 amide bonds. The molecular formula is C30H43NO6. The largest absolute Gasteiger partial charge is 0.504 e. The van der Waals surface area contributed by atoms with Gasteiger partial charge < -0.3 is 34.6 Å². The van der Waals surface area contributed by atoms with Gasteiger partial charge in [0.15, 0.2) is 11.5 Å². The van der Waals surface area contributed by atoms with Crippen LogP contribution in [0, 0.1) is 0 Å². The number of aromatic amines is 1. The van der Waals surface area contributed by atoms with Crippen molar-refractivity contribution >= 4 is 0 Å². The van der Waals surface area contributed by atoms with Crippen molar-refractivity contribution in [3.63, 3.8) is 0 Å². The molecule has 5 N–H and O–H groups in total. The molecular weight excluding hydrogens is 470 g/mol. The number of hydrogen-bond donors (Lipinski definition) is 5. The van der Waals surface area contributed by atoms with E-state index in [0.29, 0.717) is 31.6 Å². The minimum absolute atomic E-state index is 0.00687. The van der Waals surface area contributed by atoms with Gasteiger partial charge in [-0.15, -0.1) is 0 Å². The standard InChI is InChI=1S/C30H43NO6/c1-4-5-6-29-24(19-32)17-26(37-29)10-8-22-9-12-28(35)30(15-22)36-14-13-25-16-23(18-31-25)20(2)7-11-27(34)21(3)33/h9,12,15-18,20-21,27,31-35H,4-8,10-11,13-14,19H2,1-3H3. The summed E-state index contributed by atoms with van der Waals surface area (Å²) in [4.78, 5) is 3.29. The van der Waals surface area contributed by atoms with Gasteiger partial charge in [0.05, 0.1) is 25.4 Å². The quantitative estimate of drug-likeness (QED) is 0.180. The van der Waals surface area contributed by atoms with Crippen LogP contribution in [0.25, 0.3) is 0 Å². The second-order valence-electron chi connectivity index (χ2n) is 10.1. The lowest BCUT2D eigenvalue weighted by Gasteiger charge is -2.16. The van der Waals surface area contributed by atoms with Crippen LogP contribution in [0.3, 0.4) is 0 Å². The number of benzene rings is 1. The molecule has 2 heterocycles. The Bertz CT molecular complexity index is 1090. The van der Waals surface area contributed by atoms with E-state index >= 15 is 0 Å².